The molecule has 0 aliphatic heterocycles. The number of hydrogen-bond donors (Lipinski definition) is 1. The first-order valence-corrected chi connectivity index (χ1v) is 3.97. The lowest BCUT2D eigenvalue weighted by Crippen LogP contribution is -2.35. The normalized spacial score (nSPS) is 32.0. The molecule has 0 spiro atoms. The van der Waals surface area contributed by atoms with Crippen LogP contribution in [0.25, 0.3) is 0 Å². The standard InChI is InChI=1S/C7H12F3NO/c8-7(9,10)12-6-3-1-2-5(11)4-6/h5-6H,1-4,11H2/t5-,6+/m1/s1. The van der Waals surface area contributed by atoms with Crippen LogP contribution < -0.4 is 5.73 Å². The highest BCUT2D eigenvalue weighted by Gasteiger charge is 2.35. The van der Waals surface area contributed by atoms with Crippen LogP contribution in [0.2, 0.25) is 0 Å². The first kappa shape index (κ1) is 9.80. The van der Waals surface area contributed by atoms with Crippen LogP contribution in [0.4, 0.5) is 13.2 Å². The number of hydrogen-bond acceptors (Lipinski definition) is 2. The molecule has 1 fully saturated rings. The van der Waals surface area contributed by atoms with Crippen LogP contribution in [0.1, 0.15) is 25.7 Å². The van der Waals surface area contributed by atoms with Crippen molar-refractivity contribution in [2.75, 3.05) is 0 Å². The molecule has 72 valence electrons. The Hall–Kier alpha value is -0.290. The van der Waals surface area contributed by atoms with Crippen molar-refractivity contribution >= 4 is 0 Å². The van der Waals surface area contributed by atoms with Gasteiger partial charge in [0.05, 0.1) is 6.10 Å². The minimum atomic E-state index is -4.51. The van der Waals surface area contributed by atoms with E-state index in [1.807, 2.05) is 0 Å². The number of halogens is 3. The molecular formula is C7H12F3NO. The van der Waals surface area contributed by atoms with Gasteiger partial charge in [-0.2, -0.15) is 0 Å². The molecule has 2 nitrogen and oxygen atoms in total. The van der Waals surface area contributed by atoms with E-state index >= 15 is 0 Å². The van der Waals surface area contributed by atoms with Gasteiger partial charge in [0.1, 0.15) is 0 Å². The topological polar surface area (TPSA) is 35.2 Å². The summed E-state index contributed by atoms with van der Waals surface area (Å²) < 4.78 is 39.0. The fourth-order valence-electron chi connectivity index (χ4n) is 1.48. The molecule has 0 aromatic heterocycles. The zero-order valence-corrected chi connectivity index (χ0v) is 6.60. The Bertz CT molecular complexity index is 148. The number of alkyl halides is 3. The summed E-state index contributed by atoms with van der Waals surface area (Å²) in [5, 5.41) is 0. The third kappa shape index (κ3) is 3.40. The quantitative estimate of drug-likeness (QED) is 0.672. The lowest BCUT2D eigenvalue weighted by Gasteiger charge is -2.27. The number of ether oxygens (including phenoxy) is 1. The maximum atomic E-state index is 11.7. The number of rotatable bonds is 1. The zero-order chi connectivity index (χ0) is 9.19. The van der Waals surface area contributed by atoms with Crippen molar-refractivity contribution in [2.45, 2.75) is 44.2 Å². The Labute approximate surface area is 68.9 Å². The first-order chi connectivity index (χ1) is 5.47. The molecule has 0 heterocycles. The largest absolute Gasteiger partial charge is 0.522 e. The summed E-state index contributed by atoms with van der Waals surface area (Å²) in [5.74, 6) is 0. The van der Waals surface area contributed by atoms with Gasteiger partial charge in [-0.25, -0.2) is 0 Å². The average molecular weight is 183 g/mol. The fourth-order valence-corrected chi connectivity index (χ4v) is 1.48. The monoisotopic (exact) mass is 183 g/mol. The third-order valence-corrected chi connectivity index (χ3v) is 1.97. The second kappa shape index (κ2) is 3.62. The third-order valence-electron chi connectivity index (χ3n) is 1.97. The van der Waals surface area contributed by atoms with Crippen LogP contribution in [0.15, 0.2) is 0 Å². The Morgan fingerprint density at radius 3 is 2.42 bits per heavy atom. The molecule has 2 N–H and O–H groups in total. The van der Waals surface area contributed by atoms with Gasteiger partial charge in [0, 0.05) is 6.04 Å². The van der Waals surface area contributed by atoms with Crippen molar-refractivity contribution in [3.05, 3.63) is 0 Å². The summed E-state index contributed by atoms with van der Waals surface area (Å²) in [4.78, 5) is 0. The van der Waals surface area contributed by atoms with E-state index in [0.29, 0.717) is 12.8 Å². The molecule has 0 saturated heterocycles. The molecule has 12 heavy (non-hydrogen) atoms. The van der Waals surface area contributed by atoms with E-state index in [1.165, 1.54) is 0 Å². The van der Waals surface area contributed by atoms with Crippen molar-refractivity contribution in [1.29, 1.82) is 0 Å². The molecule has 0 radical (unpaired) electrons. The second-order valence-electron chi connectivity index (χ2n) is 3.11. The van der Waals surface area contributed by atoms with E-state index in [0.717, 1.165) is 12.8 Å². The smallest absolute Gasteiger partial charge is 0.328 e. The molecular weight excluding hydrogens is 171 g/mol. The molecule has 0 bridgehead atoms. The summed E-state index contributed by atoms with van der Waals surface area (Å²) in [6.07, 6.45) is -2.93. The van der Waals surface area contributed by atoms with Crippen LogP contribution in [0.5, 0.6) is 0 Å². The lowest BCUT2D eigenvalue weighted by atomic mass is 9.94. The molecule has 0 amide bonds. The van der Waals surface area contributed by atoms with Gasteiger partial charge in [0.15, 0.2) is 0 Å². The van der Waals surface area contributed by atoms with E-state index in [4.69, 9.17) is 5.73 Å². The van der Waals surface area contributed by atoms with Gasteiger partial charge < -0.3 is 5.73 Å². The molecule has 5 heteroatoms. The van der Waals surface area contributed by atoms with Gasteiger partial charge >= 0.3 is 6.36 Å². The van der Waals surface area contributed by atoms with Crippen LogP contribution in [-0.4, -0.2) is 18.5 Å². The van der Waals surface area contributed by atoms with Crippen molar-refractivity contribution in [3.63, 3.8) is 0 Å². The minimum Gasteiger partial charge on any atom is -0.328 e. The fraction of sp³-hybridized carbons (Fsp3) is 1.00. The Balaban J connectivity index is 2.32. The molecule has 0 unspecified atom stereocenters. The number of nitrogens with two attached hydrogens (primary N) is 1. The average Bonchev–Trinajstić information content (AvgIpc) is 1.82. The highest BCUT2D eigenvalue weighted by atomic mass is 19.4. The van der Waals surface area contributed by atoms with E-state index < -0.39 is 12.5 Å². The Kier molecular flexibility index (Phi) is 2.95. The van der Waals surface area contributed by atoms with Crippen molar-refractivity contribution in [1.82, 2.24) is 0 Å². The molecule has 0 aromatic rings. The van der Waals surface area contributed by atoms with E-state index in [1.54, 1.807) is 0 Å². The Morgan fingerprint density at radius 1 is 1.25 bits per heavy atom. The van der Waals surface area contributed by atoms with Crippen LogP contribution in [-0.2, 0) is 4.74 Å². The Morgan fingerprint density at radius 2 is 1.92 bits per heavy atom. The van der Waals surface area contributed by atoms with Gasteiger partial charge in [-0.1, -0.05) is 0 Å². The minimum absolute atomic E-state index is 0.133. The molecule has 1 saturated carbocycles. The van der Waals surface area contributed by atoms with E-state index in [-0.39, 0.29) is 6.04 Å². The van der Waals surface area contributed by atoms with Crippen molar-refractivity contribution in [3.8, 4) is 0 Å². The van der Waals surface area contributed by atoms with Crippen LogP contribution in [0.3, 0.4) is 0 Å². The van der Waals surface area contributed by atoms with Gasteiger partial charge in [-0.15, -0.1) is 13.2 Å². The predicted molar refractivity (Wildman–Crippen MR) is 37.4 cm³/mol. The molecule has 1 aliphatic rings. The SMILES string of the molecule is N[C@@H]1CCC[C@H](OC(F)(F)F)C1. The van der Waals surface area contributed by atoms with Gasteiger partial charge in [-0.05, 0) is 25.7 Å². The van der Waals surface area contributed by atoms with Gasteiger partial charge in [-0.3, -0.25) is 4.74 Å². The maximum absolute atomic E-state index is 11.7. The van der Waals surface area contributed by atoms with E-state index in [2.05, 4.69) is 4.74 Å². The van der Waals surface area contributed by atoms with Crippen LogP contribution in [0, 0.1) is 0 Å². The molecule has 1 rings (SSSR count). The van der Waals surface area contributed by atoms with Gasteiger partial charge in [0.2, 0.25) is 0 Å². The summed E-state index contributed by atoms with van der Waals surface area (Å²) in [6.45, 7) is 0. The highest BCUT2D eigenvalue weighted by molar-refractivity contribution is 4.75. The first-order valence-electron chi connectivity index (χ1n) is 3.97. The molecule has 1 aliphatic carbocycles. The van der Waals surface area contributed by atoms with Crippen molar-refractivity contribution < 1.29 is 17.9 Å². The van der Waals surface area contributed by atoms with Gasteiger partial charge in [0.25, 0.3) is 0 Å². The second-order valence-corrected chi connectivity index (χ2v) is 3.11. The lowest BCUT2D eigenvalue weighted by molar-refractivity contribution is -0.345. The summed E-state index contributed by atoms with van der Waals surface area (Å²) in [7, 11) is 0. The summed E-state index contributed by atoms with van der Waals surface area (Å²) >= 11 is 0. The highest BCUT2D eigenvalue weighted by Crippen LogP contribution is 2.27. The predicted octanol–water partition coefficient (Wildman–Crippen LogP) is 1.79. The molecule has 0 aromatic carbocycles. The van der Waals surface area contributed by atoms with E-state index in [9.17, 15) is 13.2 Å². The maximum Gasteiger partial charge on any atom is 0.522 e. The molecule has 2 atom stereocenters. The van der Waals surface area contributed by atoms with Crippen LogP contribution >= 0.6 is 0 Å². The summed E-state index contributed by atoms with van der Waals surface area (Å²) in [5.41, 5.74) is 5.50. The van der Waals surface area contributed by atoms with Crippen molar-refractivity contribution in [2.24, 2.45) is 5.73 Å². The summed E-state index contributed by atoms with van der Waals surface area (Å²) in [6, 6.07) is -0.133. The zero-order valence-electron chi connectivity index (χ0n) is 6.60.